The molecule has 2 heterocycles. The molecule has 3 aromatic carbocycles. The summed E-state index contributed by atoms with van der Waals surface area (Å²) in [5.74, 6) is 1.16. The molecule has 0 aliphatic carbocycles. The number of aromatic hydroxyl groups is 1. The maximum atomic E-state index is 13.9. The van der Waals surface area contributed by atoms with Crippen molar-refractivity contribution in [1.82, 2.24) is 15.1 Å². The second-order valence-electron chi connectivity index (χ2n) is 9.88. The van der Waals surface area contributed by atoms with Gasteiger partial charge in [0.25, 0.3) is 5.91 Å². The monoisotopic (exact) mass is 545 g/mol. The average Bonchev–Trinajstić information content (AvgIpc) is 3.44. The lowest BCUT2D eigenvalue weighted by Crippen LogP contribution is -2.29. The van der Waals surface area contributed by atoms with Gasteiger partial charge in [-0.3, -0.25) is 9.89 Å². The van der Waals surface area contributed by atoms with Crippen molar-refractivity contribution in [1.29, 1.82) is 0 Å². The highest BCUT2D eigenvalue weighted by Gasteiger charge is 2.43. The lowest BCUT2D eigenvalue weighted by molar-refractivity contribution is 0.0730. The number of amides is 1. The predicted octanol–water partition coefficient (Wildman–Crippen LogP) is 6.99. The molecule has 0 spiro atoms. The molecule has 1 aromatic heterocycles. The van der Waals surface area contributed by atoms with Crippen molar-refractivity contribution in [3.63, 3.8) is 0 Å². The number of ether oxygens (including phenoxy) is 2. The summed E-state index contributed by atoms with van der Waals surface area (Å²) in [6.45, 7) is 6.86. The quantitative estimate of drug-likeness (QED) is 0.221. The minimum absolute atomic E-state index is 0.120. The molecule has 1 amide bonds. The van der Waals surface area contributed by atoms with Crippen molar-refractivity contribution in [3.05, 3.63) is 93.1 Å². The molecular weight excluding hydrogens is 514 g/mol. The zero-order valence-corrected chi connectivity index (χ0v) is 23.3. The molecule has 0 saturated carbocycles. The number of nitrogens with zero attached hydrogens (tertiary/aromatic N) is 2. The number of carbonyl (C=O) groups excluding carboxylic acids is 1. The molecule has 1 unspecified atom stereocenters. The van der Waals surface area contributed by atoms with Crippen LogP contribution in [0.25, 0.3) is 11.3 Å². The van der Waals surface area contributed by atoms with Crippen molar-refractivity contribution in [2.75, 3.05) is 13.7 Å². The molecule has 1 aliphatic heterocycles. The Kier molecular flexibility index (Phi) is 7.53. The summed E-state index contributed by atoms with van der Waals surface area (Å²) in [7, 11) is 1.61. The standard InChI is InChI=1S/C31H32ClN3O4/c1-5-6-13-39-24-12-11-20(16-25(24)38-4)30-27-28(26-19(3)14-18(2)15-23(26)36)33-34-29(27)31(37)35(30)17-21-9-7-8-10-22(21)32/h7-12,14-16,30,36H,5-6,13,17H2,1-4H3,(H,33,34). The van der Waals surface area contributed by atoms with E-state index >= 15 is 0 Å². The Morgan fingerprint density at radius 3 is 2.62 bits per heavy atom. The van der Waals surface area contributed by atoms with Crippen molar-refractivity contribution in [3.8, 4) is 28.5 Å². The van der Waals surface area contributed by atoms with Gasteiger partial charge in [-0.25, -0.2) is 0 Å². The molecule has 0 bridgehead atoms. The van der Waals surface area contributed by atoms with Gasteiger partial charge in [0.15, 0.2) is 11.5 Å². The lowest BCUT2D eigenvalue weighted by Gasteiger charge is -2.27. The first-order valence-electron chi connectivity index (χ1n) is 13.1. The van der Waals surface area contributed by atoms with Gasteiger partial charge in [0, 0.05) is 22.7 Å². The molecule has 7 nitrogen and oxygen atoms in total. The summed E-state index contributed by atoms with van der Waals surface area (Å²) < 4.78 is 11.7. The van der Waals surface area contributed by atoms with Crippen LogP contribution in [0, 0.1) is 13.8 Å². The van der Waals surface area contributed by atoms with Gasteiger partial charge in [0.1, 0.15) is 17.1 Å². The summed E-state index contributed by atoms with van der Waals surface area (Å²) in [5, 5.41) is 19.0. The van der Waals surface area contributed by atoms with Gasteiger partial charge >= 0.3 is 0 Å². The van der Waals surface area contributed by atoms with E-state index in [4.69, 9.17) is 21.1 Å². The second-order valence-corrected chi connectivity index (χ2v) is 10.3. The number of hydrogen-bond donors (Lipinski definition) is 2. The first-order chi connectivity index (χ1) is 18.8. The first kappa shape index (κ1) is 26.6. The molecule has 2 N–H and O–H groups in total. The molecule has 1 aliphatic rings. The lowest BCUT2D eigenvalue weighted by atomic mass is 9.93. The maximum absolute atomic E-state index is 13.9. The minimum atomic E-state index is -0.504. The molecule has 0 fully saturated rings. The third kappa shape index (κ3) is 4.94. The van der Waals surface area contributed by atoms with Crippen molar-refractivity contribution in [2.45, 2.75) is 46.2 Å². The number of halogens is 1. The van der Waals surface area contributed by atoms with Gasteiger partial charge in [0.05, 0.1) is 19.8 Å². The van der Waals surface area contributed by atoms with E-state index in [1.807, 2.05) is 62.4 Å². The van der Waals surface area contributed by atoms with Crippen LogP contribution in [0.5, 0.6) is 17.2 Å². The number of aryl methyl sites for hydroxylation is 2. The SMILES string of the molecule is CCCCOc1ccc(C2c3c(-c4c(C)cc(C)cc4O)n[nH]c3C(=O)N2Cc2ccccc2Cl)cc1OC. The number of phenolic OH excluding ortho intramolecular Hbond substituents is 1. The van der Waals surface area contributed by atoms with Gasteiger partial charge in [0.2, 0.25) is 0 Å². The number of rotatable bonds is 9. The van der Waals surface area contributed by atoms with E-state index in [1.165, 1.54) is 0 Å². The number of benzene rings is 3. The third-order valence-electron chi connectivity index (χ3n) is 7.12. The van der Waals surface area contributed by atoms with Crippen LogP contribution in [0.4, 0.5) is 0 Å². The summed E-state index contributed by atoms with van der Waals surface area (Å²) in [4.78, 5) is 15.6. The van der Waals surface area contributed by atoms with E-state index in [0.29, 0.717) is 52.2 Å². The van der Waals surface area contributed by atoms with E-state index in [1.54, 1.807) is 18.1 Å². The normalized spacial score (nSPS) is 14.5. The summed E-state index contributed by atoms with van der Waals surface area (Å²) in [6.07, 6.45) is 1.97. The van der Waals surface area contributed by atoms with E-state index in [2.05, 4.69) is 17.1 Å². The molecule has 202 valence electrons. The number of fused-ring (bicyclic) bond motifs is 1. The molecule has 8 heteroatoms. The van der Waals surface area contributed by atoms with E-state index < -0.39 is 6.04 Å². The van der Waals surface area contributed by atoms with Crippen LogP contribution >= 0.6 is 11.6 Å². The van der Waals surface area contributed by atoms with Crippen LogP contribution in [0.1, 0.15) is 64.1 Å². The number of aromatic nitrogens is 2. The highest BCUT2D eigenvalue weighted by Crippen LogP contribution is 2.47. The van der Waals surface area contributed by atoms with Crippen LogP contribution in [-0.4, -0.2) is 39.8 Å². The van der Waals surface area contributed by atoms with Crippen molar-refractivity contribution < 1.29 is 19.4 Å². The average molecular weight is 546 g/mol. The number of aromatic amines is 1. The van der Waals surface area contributed by atoms with Crippen molar-refractivity contribution in [2.24, 2.45) is 0 Å². The molecule has 0 saturated heterocycles. The Labute approximate surface area is 233 Å². The molecule has 1 atom stereocenters. The van der Waals surface area contributed by atoms with E-state index in [-0.39, 0.29) is 11.7 Å². The largest absolute Gasteiger partial charge is 0.507 e. The summed E-state index contributed by atoms with van der Waals surface area (Å²) >= 11 is 6.51. The van der Waals surface area contributed by atoms with Crippen LogP contribution < -0.4 is 9.47 Å². The Balaban J connectivity index is 1.66. The van der Waals surface area contributed by atoms with Gasteiger partial charge in [-0.2, -0.15) is 5.10 Å². The Morgan fingerprint density at radius 2 is 1.90 bits per heavy atom. The Bertz CT molecular complexity index is 1510. The highest BCUT2D eigenvalue weighted by molar-refractivity contribution is 6.31. The molecular formula is C31H32ClN3O4. The second kappa shape index (κ2) is 11.0. The van der Waals surface area contributed by atoms with E-state index in [0.717, 1.165) is 35.1 Å². The van der Waals surface area contributed by atoms with Crippen molar-refractivity contribution >= 4 is 17.5 Å². The molecule has 0 radical (unpaired) electrons. The van der Waals surface area contributed by atoms with Gasteiger partial charge in [-0.15, -0.1) is 0 Å². The van der Waals surface area contributed by atoms with Gasteiger partial charge in [-0.1, -0.05) is 55.3 Å². The fourth-order valence-electron chi connectivity index (χ4n) is 5.26. The molecule has 5 rings (SSSR count). The Hall–Kier alpha value is -3.97. The van der Waals surface area contributed by atoms with Crippen LogP contribution in [0.15, 0.2) is 54.6 Å². The van der Waals surface area contributed by atoms with Crippen LogP contribution in [0.2, 0.25) is 5.02 Å². The number of unbranched alkanes of at least 4 members (excludes halogenated alkanes) is 1. The predicted molar refractivity (Wildman–Crippen MR) is 152 cm³/mol. The highest BCUT2D eigenvalue weighted by atomic mass is 35.5. The number of phenols is 1. The third-order valence-corrected chi connectivity index (χ3v) is 7.49. The maximum Gasteiger partial charge on any atom is 0.273 e. The smallest absolute Gasteiger partial charge is 0.273 e. The molecule has 39 heavy (non-hydrogen) atoms. The first-order valence-corrected chi connectivity index (χ1v) is 13.5. The number of carbonyl (C=O) groups is 1. The zero-order valence-electron chi connectivity index (χ0n) is 22.5. The fraction of sp³-hybridized carbons (Fsp3) is 0.290. The molecule has 4 aromatic rings. The number of H-pyrrole nitrogens is 1. The number of methoxy groups -OCH3 is 1. The van der Waals surface area contributed by atoms with Gasteiger partial charge < -0.3 is 19.5 Å². The van der Waals surface area contributed by atoms with Gasteiger partial charge in [-0.05, 0) is 66.8 Å². The minimum Gasteiger partial charge on any atom is -0.507 e. The summed E-state index contributed by atoms with van der Waals surface area (Å²) in [5.41, 5.74) is 5.72. The summed E-state index contributed by atoms with van der Waals surface area (Å²) in [6, 6.07) is 16.5. The van der Waals surface area contributed by atoms with Crippen LogP contribution in [0.3, 0.4) is 0 Å². The number of nitrogens with one attached hydrogen (secondary N) is 1. The fourth-order valence-corrected chi connectivity index (χ4v) is 5.46. The zero-order chi connectivity index (χ0) is 27.7. The Morgan fingerprint density at radius 1 is 1.10 bits per heavy atom. The number of hydrogen-bond acceptors (Lipinski definition) is 5. The van der Waals surface area contributed by atoms with E-state index in [9.17, 15) is 9.90 Å². The van der Waals surface area contributed by atoms with Crippen LogP contribution in [-0.2, 0) is 6.54 Å². The topological polar surface area (TPSA) is 87.7 Å².